The molecule has 0 rings (SSSR count). The average Bonchev–Trinajstić information content (AvgIpc) is 1.75. The Morgan fingerprint density at radius 2 is 1.25 bits per heavy atom. The van der Waals surface area contributed by atoms with E-state index in [9.17, 15) is 0 Å². The molecule has 0 spiro atoms. The van der Waals surface area contributed by atoms with Gasteiger partial charge < -0.3 is 15.0 Å². The van der Waals surface area contributed by atoms with Crippen LogP contribution in [-0.4, -0.2) is 53.6 Å². The van der Waals surface area contributed by atoms with Crippen LogP contribution in [0.4, 0.5) is 4.79 Å². The van der Waals surface area contributed by atoms with E-state index in [1.165, 1.54) is 0 Å². The predicted molar refractivity (Wildman–Crippen MR) is 25.2 cm³/mol. The average molecular weight is 526 g/mol. The minimum absolute atomic E-state index is 0.194. The summed E-state index contributed by atoms with van der Waals surface area (Å²) in [7, 11) is 4.19. The Kier molecular flexibility index (Phi) is 48.8. The zero-order valence-corrected chi connectivity index (χ0v) is 11.2. The van der Waals surface area contributed by atoms with Crippen molar-refractivity contribution in [1.82, 2.24) is 0 Å². The molecule has 7 heteroatoms. The number of carboxylic acid groups (broad SMARTS) is 2. The molecule has 0 bridgehead atoms. The summed E-state index contributed by atoms with van der Waals surface area (Å²) in [4.78, 5) is 8.33. The number of carbonyl (C=O) groups is 1. The van der Waals surface area contributed by atoms with E-state index in [4.69, 9.17) is 17.8 Å². The van der Waals surface area contributed by atoms with Crippen molar-refractivity contribution in [1.29, 1.82) is 0 Å². The van der Waals surface area contributed by atoms with Crippen molar-refractivity contribution in [2.75, 3.05) is 0 Å². The fraction of sp³-hybridized carbons (Fsp3) is 0. The van der Waals surface area contributed by atoms with Gasteiger partial charge in [-0.05, 0) is 6.16 Å². The topological polar surface area (TPSA) is 80.3 Å². The van der Waals surface area contributed by atoms with Crippen LogP contribution in [0.5, 0.6) is 0 Å². The quantitative estimate of drug-likeness (QED) is 0.322. The molecule has 0 aliphatic heterocycles. The molecule has 4 radical (unpaired) electrons. The van der Waals surface area contributed by atoms with E-state index < -0.39 is 6.16 Å². The number of rotatable bonds is 0. The minimum atomic E-state index is -2.33. The molecule has 0 aromatic carbocycles. The van der Waals surface area contributed by atoms with Crippen molar-refractivity contribution in [2.45, 2.75) is 0 Å². The van der Waals surface area contributed by atoms with Crippen molar-refractivity contribution in [3.05, 3.63) is 0 Å². The normalized spacial score (nSPS) is 4.00. The van der Waals surface area contributed by atoms with E-state index in [0.29, 0.717) is 0 Å². The molecule has 44 valence electrons. The van der Waals surface area contributed by atoms with Crippen LogP contribution in [0.1, 0.15) is 0 Å². The predicted octanol–water partition coefficient (Wildman–Crippen LogP) is -2.68. The molecular formula is CBi2O4S. The second-order valence-electron chi connectivity index (χ2n) is 0.250. The molecule has 0 aromatic rings. The summed E-state index contributed by atoms with van der Waals surface area (Å²) >= 11 is 1.22. The van der Waals surface area contributed by atoms with Gasteiger partial charge in [0.25, 0.3) is 0 Å². The second-order valence-corrected chi connectivity index (χ2v) is 0.250. The van der Waals surface area contributed by atoms with Gasteiger partial charge in [0.2, 0.25) is 0 Å². The molecule has 0 saturated carbocycles. The van der Waals surface area contributed by atoms with Gasteiger partial charge in [-0.15, -0.1) is 0 Å². The molecule has 0 saturated heterocycles. The van der Waals surface area contributed by atoms with E-state index in [2.05, 4.69) is 8.86 Å². The number of carbonyl (C=O) groups excluding carboxylic acids is 1. The van der Waals surface area contributed by atoms with Crippen molar-refractivity contribution in [3.63, 3.8) is 0 Å². The van der Waals surface area contributed by atoms with Crippen LogP contribution in [0.25, 0.3) is 0 Å². The van der Waals surface area contributed by atoms with Gasteiger partial charge in [0.05, 0.1) is 0 Å². The van der Waals surface area contributed by atoms with E-state index in [0.717, 1.165) is 22.7 Å². The zero-order chi connectivity index (χ0) is 7.58. The van der Waals surface area contributed by atoms with Gasteiger partial charge in [-0.2, -0.15) is 0 Å². The van der Waals surface area contributed by atoms with Crippen molar-refractivity contribution >= 4 is 62.4 Å². The fourth-order valence-corrected chi connectivity index (χ4v) is 0. The van der Waals surface area contributed by atoms with Crippen molar-refractivity contribution in [3.8, 4) is 0 Å². The van der Waals surface area contributed by atoms with Gasteiger partial charge in [-0.3, -0.25) is 0 Å². The van der Waals surface area contributed by atoms with E-state index in [-0.39, 0.29) is 24.7 Å². The van der Waals surface area contributed by atoms with E-state index in [1.54, 1.807) is 0 Å². The molecule has 0 atom stereocenters. The van der Waals surface area contributed by atoms with Crippen LogP contribution in [0.2, 0.25) is 0 Å². The van der Waals surface area contributed by atoms with Crippen molar-refractivity contribution in [2.24, 2.45) is 0 Å². The molecule has 0 aliphatic carbocycles. The Morgan fingerprint density at radius 1 is 1.25 bits per heavy atom. The summed E-state index contributed by atoms with van der Waals surface area (Å²) < 4.78 is 8.36. The Bertz CT molecular complexity index is 52.0. The fourth-order valence-electron chi connectivity index (χ4n) is 0. The molecule has 0 aliphatic rings. The molecule has 0 fully saturated rings. The van der Waals surface area contributed by atoms with Crippen molar-refractivity contribution < 1.29 is 17.8 Å². The Labute approximate surface area is 79.4 Å². The molecule has 0 amide bonds. The van der Waals surface area contributed by atoms with Crippen LogP contribution >= 0.6 is 8.86 Å². The Balaban J connectivity index is -0.0000000542. The summed E-state index contributed by atoms with van der Waals surface area (Å²) in [5.41, 5.74) is 0. The first-order valence-corrected chi connectivity index (χ1v) is 7.02. The third-order valence-corrected chi connectivity index (χ3v) is 0. The number of hydrogen-bond donors (Lipinski definition) is 0. The number of hydrogen-bond acceptors (Lipinski definition) is 5. The maximum atomic E-state index is 8.36. The van der Waals surface area contributed by atoms with E-state index in [1.807, 2.05) is 0 Å². The summed E-state index contributed by atoms with van der Waals surface area (Å²) in [5, 5.41) is 16.7. The summed E-state index contributed by atoms with van der Waals surface area (Å²) in [6.07, 6.45) is -2.33. The molecule has 0 unspecified atom stereocenters. The molecule has 0 aromatic heterocycles. The first-order chi connectivity index (χ1) is 3.73. The maximum absolute atomic E-state index is 8.36. The van der Waals surface area contributed by atoms with Gasteiger partial charge in [-0.1, -0.05) is 0 Å². The first-order valence-electron chi connectivity index (χ1n) is 0.978. The van der Waals surface area contributed by atoms with Crippen LogP contribution in [0.15, 0.2) is 0 Å². The SMILES string of the molecule is O=C([O-])[O-].[O]=[Bi+].[S]=[Bi+]. The van der Waals surface area contributed by atoms with Crippen LogP contribution < -0.4 is 10.2 Å². The van der Waals surface area contributed by atoms with Crippen LogP contribution in [0, 0.1) is 0 Å². The van der Waals surface area contributed by atoms with E-state index >= 15 is 0 Å². The standard InChI is InChI=1S/CH2O3.2Bi.O.S/c2-1(3)4;;;;/h(H2,2,3,4);;;;/q;2*+1;;/p-2. The molecule has 0 heterocycles. The molecule has 8 heavy (non-hydrogen) atoms. The monoisotopic (exact) mass is 526 g/mol. The first kappa shape index (κ1) is 16.0. The summed E-state index contributed by atoms with van der Waals surface area (Å²) in [6.45, 7) is 0. The Hall–Kier alpha value is 1.06. The van der Waals surface area contributed by atoms with Crippen LogP contribution in [0.3, 0.4) is 0 Å². The summed E-state index contributed by atoms with van der Waals surface area (Å²) in [5.74, 6) is 0. The Morgan fingerprint density at radius 3 is 1.25 bits per heavy atom. The molecule has 4 nitrogen and oxygen atoms in total. The third-order valence-electron chi connectivity index (χ3n) is 0. The van der Waals surface area contributed by atoms with Crippen LogP contribution in [-0.2, 0) is 2.81 Å². The zero-order valence-electron chi connectivity index (χ0n) is 3.44. The van der Waals surface area contributed by atoms with Gasteiger partial charge >= 0.3 is 59.1 Å². The van der Waals surface area contributed by atoms with Gasteiger partial charge in [-0.25, -0.2) is 0 Å². The second kappa shape index (κ2) is 24.4. The third kappa shape index (κ3) is 232. The molecule has 0 N–H and O–H groups in total. The van der Waals surface area contributed by atoms with Gasteiger partial charge in [0.15, 0.2) is 0 Å². The van der Waals surface area contributed by atoms with Gasteiger partial charge in [0, 0.05) is 0 Å². The van der Waals surface area contributed by atoms with Gasteiger partial charge in [0.1, 0.15) is 0 Å². The molecular weight excluding hydrogens is 526 g/mol. The summed E-state index contributed by atoms with van der Waals surface area (Å²) in [6, 6.07) is 0.